The molecule has 2 rings (SSSR count). The molecule has 17 heavy (non-hydrogen) atoms. The summed E-state index contributed by atoms with van der Waals surface area (Å²) in [5, 5.41) is 0. The van der Waals surface area contributed by atoms with Gasteiger partial charge in [-0.2, -0.15) is 0 Å². The maximum atomic E-state index is 11.6. The summed E-state index contributed by atoms with van der Waals surface area (Å²) in [7, 11) is 0. The Labute approximate surface area is 101 Å². The zero-order chi connectivity index (χ0) is 12.3. The van der Waals surface area contributed by atoms with Gasteiger partial charge in [0.1, 0.15) is 18.2 Å². The molecule has 0 aliphatic carbocycles. The van der Waals surface area contributed by atoms with Crippen molar-refractivity contribution >= 4 is 11.9 Å². The highest BCUT2D eigenvalue weighted by molar-refractivity contribution is 5.88. The fraction of sp³-hybridized carbons (Fsp3) is 0.583. The van der Waals surface area contributed by atoms with Crippen molar-refractivity contribution in [2.75, 3.05) is 11.4 Å². The lowest BCUT2D eigenvalue weighted by Gasteiger charge is -2.26. The van der Waals surface area contributed by atoms with Gasteiger partial charge in [-0.3, -0.25) is 4.90 Å². The predicted octanol–water partition coefficient (Wildman–Crippen LogP) is 2.30. The molecular weight excluding hydrogens is 218 g/mol. The number of nitrogens with zero attached hydrogens (tertiary/aromatic N) is 3. The molecule has 5 heteroatoms. The summed E-state index contributed by atoms with van der Waals surface area (Å²) >= 11 is 0. The van der Waals surface area contributed by atoms with Gasteiger partial charge in [0.25, 0.3) is 0 Å². The predicted molar refractivity (Wildman–Crippen MR) is 63.8 cm³/mol. The van der Waals surface area contributed by atoms with E-state index in [9.17, 15) is 4.79 Å². The smallest absolute Gasteiger partial charge is 0.415 e. The molecule has 0 aromatic carbocycles. The maximum absolute atomic E-state index is 11.6. The van der Waals surface area contributed by atoms with Crippen LogP contribution in [0, 0.1) is 0 Å². The van der Waals surface area contributed by atoms with E-state index < -0.39 is 0 Å². The van der Waals surface area contributed by atoms with Gasteiger partial charge in [0.15, 0.2) is 0 Å². The van der Waals surface area contributed by atoms with Gasteiger partial charge >= 0.3 is 6.09 Å². The third-order valence-electron chi connectivity index (χ3n) is 2.79. The molecule has 0 saturated carbocycles. The van der Waals surface area contributed by atoms with Crippen LogP contribution in [0.1, 0.15) is 38.1 Å². The number of amides is 1. The van der Waals surface area contributed by atoms with Gasteiger partial charge in [0, 0.05) is 19.2 Å². The molecule has 1 aliphatic heterocycles. The Balaban J connectivity index is 2.28. The Morgan fingerprint density at radius 2 is 2.29 bits per heavy atom. The lowest BCUT2D eigenvalue weighted by molar-refractivity contribution is 0.141. The molecule has 0 N–H and O–H groups in total. The number of unbranched alkanes of at least 4 members (excludes halogenated alkanes) is 1. The summed E-state index contributed by atoms with van der Waals surface area (Å²) in [6, 6.07) is 0. The number of rotatable bonds is 4. The SMILES string of the molecule is CCCCc1ncc2c(n1)N(CC)C(=O)OC2. The quantitative estimate of drug-likeness (QED) is 0.803. The Morgan fingerprint density at radius 3 is 3.00 bits per heavy atom. The highest BCUT2D eigenvalue weighted by atomic mass is 16.6. The molecule has 0 atom stereocenters. The largest absolute Gasteiger partial charge is 0.444 e. The second kappa shape index (κ2) is 5.12. The molecule has 1 aliphatic rings. The average Bonchev–Trinajstić information content (AvgIpc) is 2.36. The zero-order valence-electron chi connectivity index (χ0n) is 10.3. The van der Waals surface area contributed by atoms with E-state index in [2.05, 4.69) is 16.9 Å². The van der Waals surface area contributed by atoms with Crippen molar-refractivity contribution in [2.45, 2.75) is 39.7 Å². The summed E-state index contributed by atoms with van der Waals surface area (Å²) in [4.78, 5) is 21.9. The number of carbonyl (C=O) groups is 1. The van der Waals surface area contributed by atoms with Crippen LogP contribution in [0.15, 0.2) is 6.20 Å². The van der Waals surface area contributed by atoms with E-state index in [4.69, 9.17) is 4.74 Å². The van der Waals surface area contributed by atoms with Crippen LogP contribution < -0.4 is 4.90 Å². The van der Waals surface area contributed by atoms with Gasteiger partial charge < -0.3 is 4.74 Å². The molecular formula is C12H17N3O2. The summed E-state index contributed by atoms with van der Waals surface area (Å²) in [5.74, 6) is 1.52. The van der Waals surface area contributed by atoms with E-state index in [0.29, 0.717) is 12.4 Å². The molecule has 1 amide bonds. The standard InChI is InChI=1S/C12H17N3O2/c1-3-5-6-10-13-7-9-8-17-12(16)15(4-2)11(9)14-10/h7H,3-6,8H2,1-2H3. The molecule has 92 valence electrons. The molecule has 0 spiro atoms. The summed E-state index contributed by atoms with van der Waals surface area (Å²) in [6.45, 7) is 4.88. The Bertz CT molecular complexity index is 420. The van der Waals surface area contributed by atoms with Crippen LogP contribution in [0.25, 0.3) is 0 Å². The number of cyclic esters (lactones) is 1. The second-order valence-electron chi connectivity index (χ2n) is 4.04. The number of carbonyl (C=O) groups excluding carboxylic acids is 1. The van der Waals surface area contributed by atoms with E-state index in [1.165, 1.54) is 0 Å². The Kier molecular flexibility index (Phi) is 3.56. The highest BCUT2D eigenvalue weighted by Gasteiger charge is 2.26. The Hall–Kier alpha value is -1.65. The van der Waals surface area contributed by atoms with Gasteiger partial charge in [-0.15, -0.1) is 0 Å². The Morgan fingerprint density at radius 1 is 1.47 bits per heavy atom. The molecule has 0 unspecified atom stereocenters. The van der Waals surface area contributed by atoms with Crippen molar-refractivity contribution in [3.8, 4) is 0 Å². The van der Waals surface area contributed by atoms with Crippen molar-refractivity contribution in [1.82, 2.24) is 9.97 Å². The minimum Gasteiger partial charge on any atom is -0.444 e. The van der Waals surface area contributed by atoms with Gasteiger partial charge in [-0.05, 0) is 13.3 Å². The third-order valence-corrected chi connectivity index (χ3v) is 2.79. The average molecular weight is 235 g/mol. The van der Waals surface area contributed by atoms with Crippen LogP contribution in [0.5, 0.6) is 0 Å². The van der Waals surface area contributed by atoms with Crippen molar-refractivity contribution < 1.29 is 9.53 Å². The van der Waals surface area contributed by atoms with Gasteiger partial charge in [0.05, 0.1) is 5.56 Å². The van der Waals surface area contributed by atoms with Crippen molar-refractivity contribution in [3.05, 3.63) is 17.6 Å². The van der Waals surface area contributed by atoms with Crippen LogP contribution in [0.3, 0.4) is 0 Å². The minimum atomic E-state index is -0.319. The summed E-state index contributed by atoms with van der Waals surface area (Å²) < 4.78 is 5.04. The van der Waals surface area contributed by atoms with Crippen LogP contribution in [-0.4, -0.2) is 22.6 Å². The molecule has 0 bridgehead atoms. The van der Waals surface area contributed by atoms with Crippen molar-refractivity contribution in [1.29, 1.82) is 0 Å². The van der Waals surface area contributed by atoms with Gasteiger partial charge in [-0.1, -0.05) is 13.3 Å². The lowest BCUT2D eigenvalue weighted by atomic mass is 10.2. The number of hydrogen-bond donors (Lipinski definition) is 0. The molecule has 0 radical (unpaired) electrons. The van der Waals surface area contributed by atoms with Crippen molar-refractivity contribution in [3.63, 3.8) is 0 Å². The maximum Gasteiger partial charge on any atom is 0.415 e. The third kappa shape index (κ3) is 2.38. The normalized spacial score (nSPS) is 14.5. The number of ether oxygens (including phenoxy) is 1. The van der Waals surface area contributed by atoms with Crippen LogP contribution in [-0.2, 0) is 17.8 Å². The van der Waals surface area contributed by atoms with Crippen LogP contribution in [0.4, 0.5) is 10.6 Å². The van der Waals surface area contributed by atoms with E-state index in [1.54, 1.807) is 11.1 Å². The van der Waals surface area contributed by atoms with Crippen LogP contribution >= 0.6 is 0 Å². The summed E-state index contributed by atoms with van der Waals surface area (Å²) in [6.07, 6.45) is 4.48. The fourth-order valence-corrected chi connectivity index (χ4v) is 1.81. The van der Waals surface area contributed by atoms with Gasteiger partial charge in [0.2, 0.25) is 0 Å². The monoisotopic (exact) mass is 235 g/mol. The first-order valence-electron chi connectivity index (χ1n) is 6.05. The second-order valence-corrected chi connectivity index (χ2v) is 4.04. The molecule has 1 aromatic rings. The van der Waals surface area contributed by atoms with Crippen molar-refractivity contribution in [2.24, 2.45) is 0 Å². The first-order chi connectivity index (χ1) is 8.26. The number of hydrogen-bond acceptors (Lipinski definition) is 4. The molecule has 2 heterocycles. The summed E-state index contributed by atoms with van der Waals surface area (Å²) in [5.41, 5.74) is 0.881. The first-order valence-corrected chi connectivity index (χ1v) is 6.05. The molecule has 1 aromatic heterocycles. The highest BCUT2D eigenvalue weighted by Crippen LogP contribution is 2.24. The number of fused-ring (bicyclic) bond motifs is 1. The van der Waals surface area contributed by atoms with E-state index in [-0.39, 0.29) is 12.7 Å². The molecule has 0 saturated heterocycles. The van der Waals surface area contributed by atoms with Gasteiger partial charge in [-0.25, -0.2) is 14.8 Å². The number of anilines is 1. The zero-order valence-corrected chi connectivity index (χ0v) is 10.3. The minimum absolute atomic E-state index is 0.277. The number of aryl methyl sites for hydroxylation is 1. The lowest BCUT2D eigenvalue weighted by Crippen LogP contribution is -2.36. The fourth-order valence-electron chi connectivity index (χ4n) is 1.81. The first kappa shape index (κ1) is 11.8. The molecule has 0 fully saturated rings. The van der Waals surface area contributed by atoms with E-state index in [0.717, 1.165) is 30.7 Å². The van der Waals surface area contributed by atoms with E-state index >= 15 is 0 Å². The van der Waals surface area contributed by atoms with E-state index in [1.807, 2.05) is 6.92 Å². The van der Waals surface area contributed by atoms with Crippen LogP contribution in [0.2, 0.25) is 0 Å². The number of aromatic nitrogens is 2. The topological polar surface area (TPSA) is 55.3 Å². The molecule has 5 nitrogen and oxygen atoms in total.